The fourth-order valence-corrected chi connectivity index (χ4v) is 3.41. The third kappa shape index (κ3) is 5.40. The highest BCUT2D eigenvalue weighted by atomic mass is 16.5. The Hall–Kier alpha value is -2.20. The normalized spacial score (nSPS) is 19.5. The number of rotatable bonds is 5. The lowest BCUT2D eigenvalue weighted by atomic mass is 9.83. The van der Waals surface area contributed by atoms with Crippen molar-refractivity contribution in [1.82, 2.24) is 0 Å². The van der Waals surface area contributed by atoms with Crippen molar-refractivity contribution in [3.8, 4) is 28.7 Å². The Morgan fingerprint density at radius 1 is 0.885 bits per heavy atom. The van der Waals surface area contributed by atoms with Crippen LogP contribution in [0.25, 0.3) is 11.1 Å². The van der Waals surface area contributed by atoms with Crippen LogP contribution in [0.4, 0.5) is 0 Å². The SMILES string of the molecule is CCCCOc1ccc(-c2ccc(C#C[C@H]3CC[C@H](C)CC3)cc2)cc1. The predicted molar refractivity (Wildman–Crippen MR) is 110 cm³/mol. The van der Waals surface area contributed by atoms with Gasteiger partial charge in [-0.15, -0.1) is 0 Å². The summed E-state index contributed by atoms with van der Waals surface area (Å²) < 4.78 is 5.73. The minimum absolute atomic E-state index is 0.589. The van der Waals surface area contributed by atoms with Gasteiger partial charge in [-0.3, -0.25) is 0 Å². The molecule has 0 unspecified atom stereocenters. The molecular weight excluding hydrogens is 316 g/mol. The van der Waals surface area contributed by atoms with Gasteiger partial charge >= 0.3 is 0 Å². The minimum Gasteiger partial charge on any atom is -0.494 e. The van der Waals surface area contributed by atoms with Gasteiger partial charge in [0.15, 0.2) is 0 Å². The molecule has 1 heteroatoms. The molecule has 1 aliphatic carbocycles. The number of hydrogen-bond donors (Lipinski definition) is 0. The van der Waals surface area contributed by atoms with Crippen molar-refractivity contribution >= 4 is 0 Å². The molecule has 1 saturated carbocycles. The van der Waals surface area contributed by atoms with Crippen molar-refractivity contribution in [2.45, 2.75) is 52.4 Å². The van der Waals surface area contributed by atoms with Crippen LogP contribution in [0.3, 0.4) is 0 Å². The second-order valence-electron chi connectivity index (χ2n) is 7.53. The fraction of sp³-hybridized carbons (Fsp3) is 0.440. The van der Waals surface area contributed by atoms with Gasteiger partial charge in [0.2, 0.25) is 0 Å². The molecule has 0 spiro atoms. The summed E-state index contributed by atoms with van der Waals surface area (Å²) in [7, 11) is 0. The summed E-state index contributed by atoms with van der Waals surface area (Å²) in [5, 5.41) is 0. The highest BCUT2D eigenvalue weighted by Gasteiger charge is 2.15. The van der Waals surface area contributed by atoms with Gasteiger partial charge in [-0.2, -0.15) is 0 Å². The Bertz CT molecular complexity index is 722. The Morgan fingerprint density at radius 3 is 2.12 bits per heavy atom. The first-order valence-electron chi connectivity index (χ1n) is 10.1. The van der Waals surface area contributed by atoms with Crippen LogP contribution in [0.15, 0.2) is 48.5 Å². The van der Waals surface area contributed by atoms with E-state index in [0.29, 0.717) is 5.92 Å². The summed E-state index contributed by atoms with van der Waals surface area (Å²) in [6, 6.07) is 17.0. The van der Waals surface area contributed by atoms with Gasteiger partial charge in [0, 0.05) is 11.5 Å². The maximum atomic E-state index is 5.73. The lowest BCUT2D eigenvalue weighted by Gasteiger charge is -2.21. The Labute approximate surface area is 158 Å². The third-order valence-corrected chi connectivity index (χ3v) is 5.28. The second-order valence-corrected chi connectivity index (χ2v) is 7.53. The standard InChI is InChI=1S/C25H30O/c1-3-4-19-26-25-17-15-24(16-18-25)23-13-11-22(12-14-23)10-9-21-7-5-20(2)6-8-21/h11-18,20-21H,3-8,19H2,1-2H3/t20-,21-. The van der Waals surface area contributed by atoms with E-state index < -0.39 is 0 Å². The van der Waals surface area contributed by atoms with Gasteiger partial charge in [-0.05, 0) is 73.4 Å². The molecular formula is C25H30O. The first-order valence-corrected chi connectivity index (χ1v) is 10.1. The highest BCUT2D eigenvalue weighted by Crippen LogP contribution is 2.28. The van der Waals surface area contributed by atoms with Crippen molar-refractivity contribution in [1.29, 1.82) is 0 Å². The average Bonchev–Trinajstić information content (AvgIpc) is 2.69. The molecule has 0 heterocycles. The molecule has 0 bridgehead atoms. The molecule has 136 valence electrons. The monoisotopic (exact) mass is 346 g/mol. The minimum atomic E-state index is 0.589. The molecule has 26 heavy (non-hydrogen) atoms. The van der Waals surface area contributed by atoms with Crippen LogP contribution in [-0.4, -0.2) is 6.61 Å². The van der Waals surface area contributed by atoms with Crippen LogP contribution in [0.1, 0.15) is 57.9 Å². The van der Waals surface area contributed by atoms with Gasteiger partial charge in [0.25, 0.3) is 0 Å². The molecule has 0 saturated heterocycles. The van der Waals surface area contributed by atoms with E-state index in [1.807, 2.05) is 0 Å². The van der Waals surface area contributed by atoms with E-state index in [9.17, 15) is 0 Å². The lowest BCUT2D eigenvalue weighted by Crippen LogP contribution is -2.10. The van der Waals surface area contributed by atoms with Crippen molar-refractivity contribution in [2.24, 2.45) is 11.8 Å². The highest BCUT2D eigenvalue weighted by molar-refractivity contribution is 5.65. The van der Waals surface area contributed by atoms with E-state index in [-0.39, 0.29) is 0 Å². The van der Waals surface area contributed by atoms with Gasteiger partial charge in [0.05, 0.1) is 6.61 Å². The van der Waals surface area contributed by atoms with Crippen molar-refractivity contribution in [3.63, 3.8) is 0 Å². The topological polar surface area (TPSA) is 9.23 Å². The smallest absolute Gasteiger partial charge is 0.119 e. The lowest BCUT2D eigenvalue weighted by molar-refractivity contribution is 0.309. The van der Waals surface area contributed by atoms with Crippen LogP contribution in [0, 0.1) is 23.7 Å². The Morgan fingerprint density at radius 2 is 1.50 bits per heavy atom. The molecule has 1 aliphatic rings. The average molecular weight is 347 g/mol. The Kier molecular flexibility index (Phi) is 6.78. The molecule has 0 atom stereocenters. The maximum Gasteiger partial charge on any atom is 0.119 e. The van der Waals surface area contributed by atoms with Crippen molar-refractivity contribution < 1.29 is 4.74 Å². The van der Waals surface area contributed by atoms with Crippen molar-refractivity contribution in [2.75, 3.05) is 6.61 Å². The van der Waals surface area contributed by atoms with E-state index in [0.717, 1.165) is 36.7 Å². The summed E-state index contributed by atoms with van der Waals surface area (Å²) in [4.78, 5) is 0. The third-order valence-electron chi connectivity index (χ3n) is 5.28. The fourth-order valence-electron chi connectivity index (χ4n) is 3.41. The van der Waals surface area contributed by atoms with Crippen LogP contribution in [-0.2, 0) is 0 Å². The van der Waals surface area contributed by atoms with Gasteiger partial charge in [-0.25, -0.2) is 0 Å². The molecule has 0 aromatic heterocycles. The second kappa shape index (κ2) is 9.48. The zero-order valence-electron chi connectivity index (χ0n) is 16.1. The first-order chi connectivity index (χ1) is 12.7. The summed E-state index contributed by atoms with van der Waals surface area (Å²) in [6.45, 7) is 5.32. The van der Waals surface area contributed by atoms with Gasteiger partial charge < -0.3 is 4.74 Å². The van der Waals surface area contributed by atoms with Crippen LogP contribution in [0.2, 0.25) is 0 Å². The summed E-state index contributed by atoms with van der Waals surface area (Å²) >= 11 is 0. The van der Waals surface area contributed by atoms with E-state index in [4.69, 9.17) is 4.74 Å². The van der Waals surface area contributed by atoms with Gasteiger partial charge in [0.1, 0.15) is 5.75 Å². The number of benzene rings is 2. The molecule has 0 N–H and O–H groups in total. The summed E-state index contributed by atoms with van der Waals surface area (Å²) in [5.41, 5.74) is 3.56. The maximum absolute atomic E-state index is 5.73. The van der Waals surface area contributed by atoms with E-state index in [1.54, 1.807) is 0 Å². The number of hydrogen-bond acceptors (Lipinski definition) is 1. The molecule has 0 amide bonds. The summed E-state index contributed by atoms with van der Waals surface area (Å²) in [6.07, 6.45) is 7.45. The molecule has 2 aromatic carbocycles. The number of ether oxygens (including phenoxy) is 1. The number of unbranched alkanes of at least 4 members (excludes halogenated alkanes) is 1. The summed E-state index contributed by atoms with van der Waals surface area (Å²) in [5.74, 6) is 9.28. The predicted octanol–water partition coefficient (Wildman–Crippen LogP) is 6.71. The zero-order valence-corrected chi connectivity index (χ0v) is 16.1. The molecule has 1 fully saturated rings. The zero-order chi connectivity index (χ0) is 18.2. The first kappa shape index (κ1) is 18.6. The molecule has 1 nitrogen and oxygen atoms in total. The molecule has 2 aromatic rings. The molecule has 0 radical (unpaired) electrons. The van der Waals surface area contributed by atoms with E-state index >= 15 is 0 Å². The largest absolute Gasteiger partial charge is 0.494 e. The van der Waals surface area contributed by atoms with Crippen LogP contribution in [0.5, 0.6) is 5.75 Å². The van der Waals surface area contributed by atoms with E-state index in [1.165, 1.54) is 36.8 Å². The van der Waals surface area contributed by atoms with Crippen LogP contribution < -0.4 is 4.74 Å². The van der Waals surface area contributed by atoms with Crippen LogP contribution >= 0.6 is 0 Å². The van der Waals surface area contributed by atoms with Crippen molar-refractivity contribution in [3.05, 3.63) is 54.1 Å². The van der Waals surface area contributed by atoms with Gasteiger partial charge in [-0.1, -0.05) is 56.4 Å². The Balaban J connectivity index is 1.59. The van der Waals surface area contributed by atoms with E-state index in [2.05, 4.69) is 74.2 Å². The molecule has 3 rings (SSSR count). The molecule has 0 aliphatic heterocycles. The quantitative estimate of drug-likeness (QED) is 0.432.